The van der Waals surface area contributed by atoms with E-state index >= 15 is 0 Å². The van der Waals surface area contributed by atoms with Crippen molar-refractivity contribution in [3.63, 3.8) is 0 Å². The van der Waals surface area contributed by atoms with Crippen LogP contribution in [0.4, 0.5) is 13.2 Å². The zero-order valence-corrected chi connectivity index (χ0v) is 7.06. The smallest absolute Gasteiger partial charge is 0.219 e. The second-order valence-corrected chi connectivity index (χ2v) is 2.78. The first kappa shape index (κ1) is 9.05. The van der Waals surface area contributed by atoms with Gasteiger partial charge in [0.25, 0.3) is 0 Å². The van der Waals surface area contributed by atoms with Crippen LogP contribution in [0.2, 0.25) is 0 Å². The molecule has 1 aliphatic rings. The monoisotopic (exact) mass is 201 g/mol. The number of hydrogen-bond acceptors (Lipinski definition) is 2. The van der Waals surface area contributed by atoms with E-state index in [0.717, 1.165) is 6.07 Å². The van der Waals surface area contributed by atoms with Crippen molar-refractivity contribution in [1.82, 2.24) is 0 Å². The molecule has 0 bridgehead atoms. The Balaban J connectivity index is 2.47. The molecular formula is C9H6F3NO. The molecule has 1 aliphatic heterocycles. The van der Waals surface area contributed by atoms with Gasteiger partial charge in [0.15, 0.2) is 11.6 Å². The van der Waals surface area contributed by atoms with E-state index in [1.165, 1.54) is 0 Å². The zero-order chi connectivity index (χ0) is 10.1. The number of aliphatic imine (C=N–C) groups is 1. The molecule has 0 amide bonds. The molecule has 0 unspecified atom stereocenters. The van der Waals surface area contributed by atoms with Crippen molar-refractivity contribution in [2.24, 2.45) is 4.99 Å². The Morgan fingerprint density at radius 1 is 1.07 bits per heavy atom. The fourth-order valence-corrected chi connectivity index (χ4v) is 1.18. The SMILES string of the molecule is Fc1cc(F)c(C2=NCCO2)cc1F. The summed E-state index contributed by atoms with van der Waals surface area (Å²) >= 11 is 0. The molecule has 1 aromatic carbocycles. The van der Waals surface area contributed by atoms with Crippen molar-refractivity contribution in [2.45, 2.75) is 0 Å². The Labute approximate surface area is 78.0 Å². The highest BCUT2D eigenvalue weighted by Gasteiger charge is 2.18. The zero-order valence-electron chi connectivity index (χ0n) is 7.06. The van der Waals surface area contributed by atoms with E-state index in [1.54, 1.807) is 0 Å². The lowest BCUT2D eigenvalue weighted by Gasteiger charge is -2.03. The highest BCUT2D eigenvalue weighted by molar-refractivity contribution is 5.95. The molecule has 74 valence electrons. The van der Waals surface area contributed by atoms with Crippen molar-refractivity contribution < 1.29 is 17.9 Å². The largest absolute Gasteiger partial charge is 0.475 e. The maximum Gasteiger partial charge on any atom is 0.219 e. The summed E-state index contributed by atoms with van der Waals surface area (Å²) in [6.07, 6.45) is 0. The van der Waals surface area contributed by atoms with Crippen LogP contribution in [0.3, 0.4) is 0 Å². The summed E-state index contributed by atoms with van der Waals surface area (Å²) in [7, 11) is 0. The molecule has 0 aromatic heterocycles. The van der Waals surface area contributed by atoms with Crippen molar-refractivity contribution in [3.05, 3.63) is 35.1 Å². The molecule has 0 fully saturated rings. The van der Waals surface area contributed by atoms with Gasteiger partial charge in [0.05, 0.1) is 12.1 Å². The van der Waals surface area contributed by atoms with Crippen LogP contribution in [0.25, 0.3) is 0 Å². The molecule has 0 radical (unpaired) electrons. The van der Waals surface area contributed by atoms with Crippen molar-refractivity contribution in [3.8, 4) is 0 Å². The minimum absolute atomic E-state index is 0.0291. The molecule has 5 heteroatoms. The summed E-state index contributed by atoms with van der Waals surface area (Å²) in [5.41, 5.74) is -0.138. The molecule has 0 atom stereocenters. The average molecular weight is 201 g/mol. The Morgan fingerprint density at radius 2 is 1.79 bits per heavy atom. The molecule has 1 heterocycles. The average Bonchev–Trinajstić information content (AvgIpc) is 2.64. The Kier molecular flexibility index (Phi) is 2.15. The molecule has 0 saturated carbocycles. The first-order chi connectivity index (χ1) is 6.68. The normalized spacial score (nSPS) is 15.2. The highest BCUT2D eigenvalue weighted by atomic mass is 19.2. The van der Waals surface area contributed by atoms with Gasteiger partial charge in [-0.1, -0.05) is 0 Å². The van der Waals surface area contributed by atoms with Gasteiger partial charge in [-0.05, 0) is 6.07 Å². The van der Waals surface area contributed by atoms with E-state index in [-0.39, 0.29) is 11.5 Å². The minimum atomic E-state index is -1.22. The van der Waals surface area contributed by atoms with E-state index in [4.69, 9.17) is 4.74 Å². The molecular weight excluding hydrogens is 195 g/mol. The van der Waals surface area contributed by atoms with E-state index in [9.17, 15) is 13.2 Å². The van der Waals surface area contributed by atoms with Crippen LogP contribution in [0.5, 0.6) is 0 Å². The predicted molar refractivity (Wildman–Crippen MR) is 43.7 cm³/mol. The van der Waals surface area contributed by atoms with Gasteiger partial charge in [-0.3, -0.25) is 0 Å². The minimum Gasteiger partial charge on any atom is -0.475 e. The summed E-state index contributed by atoms with van der Waals surface area (Å²) in [5, 5.41) is 0. The Hall–Kier alpha value is -1.52. The van der Waals surface area contributed by atoms with Crippen molar-refractivity contribution in [2.75, 3.05) is 13.2 Å². The summed E-state index contributed by atoms with van der Waals surface area (Å²) in [6, 6.07) is 1.23. The van der Waals surface area contributed by atoms with Crippen LogP contribution < -0.4 is 0 Å². The van der Waals surface area contributed by atoms with Gasteiger partial charge in [0.1, 0.15) is 12.4 Å². The maximum atomic E-state index is 13.1. The van der Waals surface area contributed by atoms with E-state index in [1.807, 2.05) is 0 Å². The Bertz CT molecular complexity index is 403. The lowest BCUT2D eigenvalue weighted by Crippen LogP contribution is -2.06. The lowest BCUT2D eigenvalue weighted by molar-refractivity contribution is 0.346. The number of halogens is 3. The van der Waals surface area contributed by atoms with Gasteiger partial charge >= 0.3 is 0 Å². The third kappa shape index (κ3) is 1.45. The fraction of sp³-hybridized carbons (Fsp3) is 0.222. The van der Waals surface area contributed by atoms with Gasteiger partial charge in [-0.2, -0.15) is 0 Å². The molecule has 1 aromatic rings. The summed E-state index contributed by atoms with van der Waals surface area (Å²) in [6.45, 7) is 0.752. The van der Waals surface area contributed by atoms with Crippen LogP contribution in [0.15, 0.2) is 17.1 Å². The topological polar surface area (TPSA) is 21.6 Å². The first-order valence-electron chi connectivity index (χ1n) is 4.00. The van der Waals surface area contributed by atoms with E-state index < -0.39 is 17.5 Å². The van der Waals surface area contributed by atoms with Crippen LogP contribution >= 0.6 is 0 Å². The van der Waals surface area contributed by atoms with Crippen molar-refractivity contribution >= 4 is 5.90 Å². The quantitative estimate of drug-likeness (QED) is 0.635. The van der Waals surface area contributed by atoms with Crippen LogP contribution in [-0.2, 0) is 4.74 Å². The van der Waals surface area contributed by atoms with E-state index in [2.05, 4.69) is 4.99 Å². The molecule has 0 N–H and O–H groups in total. The standard InChI is InChI=1S/C9H6F3NO/c10-6-4-8(12)7(11)3-5(6)9-13-1-2-14-9/h3-4H,1-2H2. The van der Waals surface area contributed by atoms with E-state index in [0.29, 0.717) is 19.2 Å². The number of hydrogen-bond donors (Lipinski definition) is 0. The lowest BCUT2D eigenvalue weighted by atomic mass is 10.2. The fourth-order valence-electron chi connectivity index (χ4n) is 1.18. The number of benzene rings is 1. The second-order valence-electron chi connectivity index (χ2n) is 2.78. The van der Waals surface area contributed by atoms with Crippen LogP contribution in [0, 0.1) is 17.5 Å². The first-order valence-corrected chi connectivity index (χ1v) is 4.00. The second kappa shape index (κ2) is 3.32. The Morgan fingerprint density at radius 3 is 2.43 bits per heavy atom. The number of rotatable bonds is 1. The van der Waals surface area contributed by atoms with Gasteiger partial charge in [-0.15, -0.1) is 0 Å². The maximum absolute atomic E-state index is 13.1. The van der Waals surface area contributed by atoms with Gasteiger partial charge in [-0.25, -0.2) is 18.2 Å². The van der Waals surface area contributed by atoms with Gasteiger partial charge < -0.3 is 4.74 Å². The van der Waals surface area contributed by atoms with Gasteiger partial charge in [0, 0.05) is 6.07 Å². The highest BCUT2D eigenvalue weighted by Crippen LogP contribution is 2.16. The van der Waals surface area contributed by atoms with Crippen molar-refractivity contribution in [1.29, 1.82) is 0 Å². The summed E-state index contributed by atoms with van der Waals surface area (Å²) in [4.78, 5) is 3.80. The predicted octanol–water partition coefficient (Wildman–Crippen LogP) is 1.88. The van der Waals surface area contributed by atoms with Crippen LogP contribution in [-0.4, -0.2) is 19.0 Å². The molecule has 14 heavy (non-hydrogen) atoms. The van der Waals surface area contributed by atoms with Crippen LogP contribution in [0.1, 0.15) is 5.56 Å². The molecule has 0 aliphatic carbocycles. The third-order valence-corrected chi connectivity index (χ3v) is 1.83. The summed E-state index contributed by atoms with van der Waals surface area (Å²) < 4.78 is 43.4. The molecule has 2 nitrogen and oxygen atoms in total. The molecule has 0 spiro atoms. The summed E-state index contributed by atoms with van der Waals surface area (Å²) in [5.74, 6) is -3.17. The third-order valence-electron chi connectivity index (χ3n) is 1.83. The number of ether oxygens (including phenoxy) is 1. The number of nitrogens with zero attached hydrogens (tertiary/aromatic N) is 1. The van der Waals surface area contributed by atoms with Gasteiger partial charge in [0.2, 0.25) is 5.90 Å². The molecule has 2 rings (SSSR count). The molecule has 0 saturated heterocycles.